The average Bonchev–Trinajstić information content (AvgIpc) is 3.62. The van der Waals surface area contributed by atoms with Crippen molar-refractivity contribution in [1.29, 1.82) is 5.41 Å². The van der Waals surface area contributed by atoms with E-state index in [9.17, 15) is 15.3 Å². The summed E-state index contributed by atoms with van der Waals surface area (Å²) in [6.07, 6.45) is -0.442. The predicted octanol–water partition coefficient (Wildman–Crippen LogP) is 4.44. The fourth-order valence-electron chi connectivity index (χ4n) is 6.65. The van der Waals surface area contributed by atoms with Gasteiger partial charge < -0.3 is 39.7 Å². The van der Waals surface area contributed by atoms with Crippen LogP contribution in [0.4, 0.5) is 0 Å². The Hall–Kier alpha value is -0.870. The van der Waals surface area contributed by atoms with Crippen LogP contribution in [-0.4, -0.2) is 75.3 Å². The van der Waals surface area contributed by atoms with Crippen molar-refractivity contribution < 1.29 is 34.3 Å². The van der Waals surface area contributed by atoms with Crippen LogP contribution >= 0.6 is 0 Å². The monoisotopic (exact) mass is 539 g/mol. The summed E-state index contributed by atoms with van der Waals surface area (Å²) in [5, 5.41) is 43.3. The van der Waals surface area contributed by atoms with E-state index in [4.69, 9.17) is 24.4 Å². The first-order valence-electron chi connectivity index (χ1n) is 14.5. The highest BCUT2D eigenvalue weighted by Crippen LogP contribution is 2.47. The fourth-order valence-corrected chi connectivity index (χ4v) is 6.65. The zero-order chi connectivity index (χ0) is 28.8. The van der Waals surface area contributed by atoms with Gasteiger partial charge in [0.15, 0.2) is 6.29 Å². The summed E-state index contributed by atoms with van der Waals surface area (Å²) >= 11 is 0. The highest BCUT2D eigenvalue weighted by molar-refractivity contribution is 5.86. The summed E-state index contributed by atoms with van der Waals surface area (Å²) in [5.74, 6) is -2.09. The van der Waals surface area contributed by atoms with Crippen LogP contribution in [0.2, 0.25) is 0 Å². The largest absolute Gasteiger partial charge is 0.390 e. The zero-order valence-corrected chi connectivity index (χ0v) is 25.0. The molecule has 0 radical (unpaired) electrons. The molecule has 13 atom stereocenters. The molecule has 1 spiro atoms. The summed E-state index contributed by atoms with van der Waals surface area (Å²) in [6.45, 7) is 21.8. The minimum absolute atomic E-state index is 0.0728. The van der Waals surface area contributed by atoms with Crippen LogP contribution in [0.25, 0.3) is 0 Å². The maximum atomic E-state index is 11.7. The fraction of sp³-hybridized carbons (Fsp3) is 0.900. The number of nitrogens with one attached hydrogen (secondary N) is 1. The van der Waals surface area contributed by atoms with Gasteiger partial charge in [0.2, 0.25) is 5.79 Å². The second kappa shape index (κ2) is 11.6. The minimum Gasteiger partial charge on any atom is -0.390 e. The Morgan fingerprint density at radius 3 is 2.21 bits per heavy atom. The molecule has 0 amide bonds. The normalized spacial score (nSPS) is 51.6. The Kier molecular flexibility index (Phi) is 9.62. The van der Waals surface area contributed by atoms with Crippen LogP contribution in [0.3, 0.4) is 0 Å². The maximum Gasteiger partial charge on any atom is 0.218 e. The lowest BCUT2D eigenvalue weighted by Crippen LogP contribution is -2.57. The molecular formula is C30H53NO7. The van der Waals surface area contributed by atoms with Gasteiger partial charge in [-0.15, -0.1) is 0 Å². The van der Waals surface area contributed by atoms with Crippen LogP contribution in [0.5, 0.6) is 0 Å². The van der Waals surface area contributed by atoms with E-state index in [1.54, 1.807) is 20.8 Å². The molecule has 2 unspecified atom stereocenters. The van der Waals surface area contributed by atoms with Crippen molar-refractivity contribution in [3.63, 3.8) is 0 Å². The molecule has 4 N–H and O–H groups in total. The van der Waals surface area contributed by atoms with Gasteiger partial charge in [0.1, 0.15) is 12.2 Å². The second-order valence-corrected chi connectivity index (χ2v) is 13.1. The number of aliphatic hydroxyl groups is 3. The van der Waals surface area contributed by atoms with Crippen LogP contribution in [-0.2, 0) is 18.9 Å². The maximum absolute atomic E-state index is 11.7. The molecule has 3 aliphatic rings. The van der Waals surface area contributed by atoms with E-state index < -0.39 is 47.5 Å². The van der Waals surface area contributed by atoms with Crippen molar-refractivity contribution in [1.82, 2.24) is 0 Å². The predicted molar refractivity (Wildman–Crippen MR) is 147 cm³/mol. The van der Waals surface area contributed by atoms with E-state index in [1.807, 2.05) is 27.7 Å². The summed E-state index contributed by atoms with van der Waals surface area (Å²) < 4.78 is 25.2. The molecule has 3 saturated heterocycles. The molecule has 0 aromatic rings. The lowest BCUT2D eigenvalue weighted by molar-refractivity contribution is -0.236. The highest BCUT2D eigenvalue weighted by Gasteiger charge is 2.58. The molecule has 3 rings (SSSR count). The molecule has 38 heavy (non-hydrogen) atoms. The lowest BCUT2D eigenvalue weighted by Gasteiger charge is -2.45. The number of hydrogen-bond donors (Lipinski definition) is 4. The second-order valence-electron chi connectivity index (χ2n) is 13.1. The van der Waals surface area contributed by atoms with Crippen molar-refractivity contribution in [3.8, 4) is 0 Å². The van der Waals surface area contributed by atoms with Gasteiger partial charge in [-0.25, -0.2) is 0 Å². The average molecular weight is 540 g/mol. The molecule has 3 aliphatic heterocycles. The van der Waals surface area contributed by atoms with Crippen LogP contribution < -0.4 is 0 Å². The molecule has 8 heteroatoms. The Morgan fingerprint density at radius 1 is 1.08 bits per heavy atom. The van der Waals surface area contributed by atoms with Crippen molar-refractivity contribution >= 4 is 5.71 Å². The van der Waals surface area contributed by atoms with E-state index in [0.29, 0.717) is 24.3 Å². The number of epoxide rings is 1. The third-order valence-corrected chi connectivity index (χ3v) is 9.67. The van der Waals surface area contributed by atoms with Crippen molar-refractivity contribution in [2.24, 2.45) is 29.6 Å². The zero-order valence-electron chi connectivity index (χ0n) is 25.0. The number of aliphatic hydroxyl groups excluding tert-OH is 1. The van der Waals surface area contributed by atoms with E-state index >= 15 is 0 Å². The van der Waals surface area contributed by atoms with Crippen LogP contribution in [0.15, 0.2) is 12.2 Å². The summed E-state index contributed by atoms with van der Waals surface area (Å²) in [4.78, 5) is 0. The third kappa shape index (κ3) is 6.37. The topological polar surface area (TPSA) is 125 Å². The molecule has 0 aliphatic carbocycles. The summed E-state index contributed by atoms with van der Waals surface area (Å²) in [5.41, 5.74) is -1.91. The molecule has 3 heterocycles. The van der Waals surface area contributed by atoms with Gasteiger partial charge >= 0.3 is 0 Å². The smallest absolute Gasteiger partial charge is 0.218 e. The molecule has 0 aromatic carbocycles. The van der Waals surface area contributed by atoms with E-state index in [-0.39, 0.29) is 36.2 Å². The molecule has 0 saturated carbocycles. The summed E-state index contributed by atoms with van der Waals surface area (Å²) in [7, 11) is 0. The Balaban J connectivity index is 2.04. The van der Waals surface area contributed by atoms with Crippen molar-refractivity contribution in [2.75, 3.05) is 6.61 Å². The Bertz CT molecular complexity index is 844. The third-order valence-electron chi connectivity index (χ3n) is 9.67. The van der Waals surface area contributed by atoms with Gasteiger partial charge in [0, 0.05) is 23.6 Å². The molecule has 8 nitrogen and oxygen atoms in total. The van der Waals surface area contributed by atoms with E-state index in [1.165, 1.54) is 0 Å². The highest BCUT2D eigenvalue weighted by atomic mass is 16.8. The Labute approximate surface area is 229 Å². The van der Waals surface area contributed by atoms with Gasteiger partial charge in [-0.3, -0.25) is 0 Å². The Morgan fingerprint density at radius 2 is 1.68 bits per heavy atom. The number of rotatable bonds is 3. The van der Waals surface area contributed by atoms with Crippen LogP contribution in [0, 0.1) is 35.0 Å². The minimum atomic E-state index is -1.65. The molecule has 220 valence electrons. The first-order chi connectivity index (χ1) is 17.5. The SMILES string of the molecule is C=C1[C@@H](O[C@H]2C[C@H](C)C[C@H](C)O2)[C@H](C)[C@@H](C)[C@](C)(O)C[C@@H](C)C(=N)[C@H](C)C(O)[C@](C)(O)[C@@H](CC)OC12CO2. The standard InChI is InChI=1S/C30H53NO7/c1-11-23-29(10,34)27(32)20(6)25(31)17(3)14-28(9,33)21(7)19(5)26(22(8)30(38-23)15-35-30)37-24-13-16(2)12-18(4)36-24/h16-21,23-24,26-27,31-34H,8,11-15H2,1-7,9-10H3/t16-,17-,18+,19-,20+,21-,23-,24+,26+,27?,28-,29-,30?/m1/s1. The molecule has 3 fully saturated rings. The number of hydrogen-bond acceptors (Lipinski definition) is 8. The van der Waals surface area contributed by atoms with Gasteiger partial charge in [-0.2, -0.15) is 0 Å². The molecule has 0 aromatic heterocycles. The van der Waals surface area contributed by atoms with Gasteiger partial charge in [-0.1, -0.05) is 48.1 Å². The first kappa shape index (κ1) is 31.7. The van der Waals surface area contributed by atoms with Crippen molar-refractivity contribution in [2.45, 2.75) is 136 Å². The van der Waals surface area contributed by atoms with Gasteiger partial charge in [-0.05, 0) is 63.7 Å². The summed E-state index contributed by atoms with van der Waals surface area (Å²) in [6, 6.07) is 0. The molecular weight excluding hydrogens is 486 g/mol. The van der Waals surface area contributed by atoms with Crippen molar-refractivity contribution in [3.05, 3.63) is 12.2 Å². The van der Waals surface area contributed by atoms with E-state index in [0.717, 1.165) is 12.8 Å². The quantitative estimate of drug-likeness (QED) is 0.309. The number of ether oxygens (including phenoxy) is 4. The molecule has 0 bridgehead atoms. The van der Waals surface area contributed by atoms with Gasteiger partial charge in [0.05, 0.1) is 30.0 Å². The van der Waals surface area contributed by atoms with Gasteiger partial charge in [0.25, 0.3) is 0 Å². The lowest BCUT2D eigenvalue weighted by atomic mass is 9.70. The van der Waals surface area contributed by atoms with E-state index in [2.05, 4.69) is 20.4 Å². The van der Waals surface area contributed by atoms with Crippen LogP contribution in [0.1, 0.15) is 88.0 Å². The first-order valence-corrected chi connectivity index (χ1v) is 14.5.